The second kappa shape index (κ2) is 1.50. The van der Waals surface area contributed by atoms with Gasteiger partial charge in [-0.25, -0.2) is 8.42 Å². The molecule has 1 aliphatic carbocycles. The summed E-state index contributed by atoms with van der Waals surface area (Å²) in [5.41, 5.74) is 0. The van der Waals surface area contributed by atoms with E-state index in [4.69, 9.17) is 0 Å². The Morgan fingerprint density at radius 3 is 2.64 bits per heavy atom. The maximum Gasteiger partial charge on any atom is 0.158 e. The van der Waals surface area contributed by atoms with Crippen LogP contribution in [0, 0.1) is 5.92 Å². The minimum absolute atomic E-state index is 0.271. The summed E-state index contributed by atoms with van der Waals surface area (Å²) < 4.78 is 22.6. The Labute approximate surface area is 66.1 Å². The number of hydrogen-bond donors (Lipinski definition) is 1. The van der Waals surface area contributed by atoms with E-state index < -0.39 is 9.84 Å². The van der Waals surface area contributed by atoms with Gasteiger partial charge < -0.3 is 5.32 Å². The maximum absolute atomic E-state index is 11.4. The fourth-order valence-electron chi connectivity index (χ4n) is 2.94. The van der Waals surface area contributed by atoms with Crippen molar-refractivity contribution < 1.29 is 8.42 Å². The number of nitrogens with one attached hydrogen (secondary N) is 1. The molecule has 3 unspecified atom stereocenters. The molecule has 3 fully saturated rings. The topological polar surface area (TPSA) is 46.2 Å². The summed E-state index contributed by atoms with van der Waals surface area (Å²) in [6.45, 7) is 0.934. The minimum Gasteiger partial charge on any atom is -0.312 e. The van der Waals surface area contributed by atoms with E-state index >= 15 is 0 Å². The van der Waals surface area contributed by atoms with E-state index in [0.29, 0.717) is 17.7 Å². The van der Waals surface area contributed by atoms with Crippen LogP contribution in [0.15, 0.2) is 0 Å². The van der Waals surface area contributed by atoms with Crippen LogP contribution in [0.5, 0.6) is 0 Å². The summed E-state index contributed by atoms with van der Waals surface area (Å²) in [6, 6.07) is 0.311. The lowest BCUT2D eigenvalue weighted by molar-refractivity contribution is 0.233. The van der Waals surface area contributed by atoms with Crippen LogP contribution < -0.4 is 5.32 Å². The Hall–Kier alpha value is -0.0900. The normalized spacial score (nSPS) is 57.1. The first-order valence-electron chi connectivity index (χ1n) is 4.12. The van der Waals surface area contributed by atoms with Gasteiger partial charge in [-0.05, 0) is 12.8 Å². The van der Waals surface area contributed by atoms with Gasteiger partial charge in [0.1, 0.15) is 0 Å². The molecule has 11 heavy (non-hydrogen) atoms. The van der Waals surface area contributed by atoms with Crippen LogP contribution in [0.25, 0.3) is 0 Å². The highest BCUT2D eigenvalue weighted by Gasteiger charge is 2.71. The number of hydrogen-bond acceptors (Lipinski definition) is 3. The molecule has 0 amide bonds. The molecule has 2 saturated heterocycles. The summed E-state index contributed by atoms with van der Waals surface area (Å²) in [7, 11) is -2.68. The van der Waals surface area contributed by atoms with E-state index in [2.05, 4.69) is 5.32 Å². The highest BCUT2D eigenvalue weighted by atomic mass is 32.2. The average molecular weight is 173 g/mol. The van der Waals surface area contributed by atoms with Crippen molar-refractivity contribution in [1.29, 1.82) is 0 Å². The van der Waals surface area contributed by atoms with Crippen molar-refractivity contribution >= 4 is 9.84 Å². The van der Waals surface area contributed by atoms with E-state index in [1.807, 2.05) is 0 Å². The lowest BCUT2D eigenvalue weighted by Gasteiger charge is -2.53. The third kappa shape index (κ3) is 0.455. The molecule has 1 spiro atoms. The Kier molecular flexibility index (Phi) is 0.876. The number of rotatable bonds is 0. The highest BCUT2D eigenvalue weighted by molar-refractivity contribution is 7.94. The van der Waals surface area contributed by atoms with Gasteiger partial charge in [0, 0.05) is 18.5 Å². The molecule has 0 aromatic heterocycles. The fraction of sp³-hybridized carbons (Fsp3) is 1.00. The van der Waals surface area contributed by atoms with Gasteiger partial charge in [0.25, 0.3) is 0 Å². The quantitative estimate of drug-likeness (QED) is 0.539. The first kappa shape index (κ1) is 6.43. The molecule has 3 atom stereocenters. The zero-order valence-corrected chi connectivity index (χ0v) is 7.02. The van der Waals surface area contributed by atoms with E-state index in [-0.39, 0.29) is 4.75 Å². The molecule has 2 aliphatic heterocycles. The van der Waals surface area contributed by atoms with E-state index in [1.54, 1.807) is 0 Å². The van der Waals surface area contributed by atoms with Gasteiger partial charge in [-0.15, -0.1) is 0 Å². The van der Waals surface area contributed by atoms with Gasteiger partial charge in [0.05, 0.1) is 10.5 Å². The fourth-order valence-corrected chi connectivity index (χ4v) is 5.64. The molecule has 3 rings (SSSR count). The van der Waals surface area contributed by atoms with Crippen LogP contribution in [-0.2, 0) is 9.84 Å². The standard InChI is InChI=1S/C7H11NO2S/c9-11(10)4-5-3-8-6-1-2-7(5,6)11/h5-6,8H,1-4H2. The lowest BCUT2D eigenvalue weighted by atomic mass is 9.74. The van der Waals surface area contributed by atoms with Crippen molar-refractivity contribution in [3.63, 3.8) is 0 Å². The van der Waals surface area contributed by atoms with Gasteiger partial charge in [0.2, 0.25) is 0 Å². The van der Waals surface area contributed by atoms with E-state index in [1.165, 1.54) is 0 Å². The molecule has 62 valence electrons. The summed E-state index contributed by atoms with van der Waals surface area (Å²) in [6.07, 6.45) is 1.98. The molecule has 0 bridgehead atoms. The monoisotopic (exact) mass is 173 g/mol. The van der Waals surface area contributed by atoms with Crippen molar-refractivity contribution in [3.05, 3.63) is 0 Å². The molecular formula is C7H11NO2S. The molecule has 3 nitrogen and oxygen atoms in total. The molecule has 3 aliphatic rings. The maximum atomic E-state index is 11.4. The van der Waals surface area contributed by atoms with Crippen LogP contribution in [0.2, 0.25) is 0 Å². The van der Waals surface area contributed by atoms with Gasteiger partial charge in [-0.1, -0.05) is 0 Å². The largest absolute Gasteiger partial charge is 0.312 e. The van der Waals surface area contributed by atoms with E-state index in [9.17, 15) is 8.42 Å². The molecular weight excluding hydrogens is 162 g/mol. The Morgan fingerprint density at radius 1 is 1.45 bits per heavy atom. The van der Waals surface area contributed by atoms with Crippen molar-refractivity contribution in [3.8, 4) is 0 Å². The van der Waals surface area contributed by atoms with E-state index in [0.717, 1.165) is 19.4 Å². The summed E-state index contributed by atoms with van der Waals surface area (Å²) in [5, 5.41) is 3.29. The average Bonchev–Trinajstić information content (AvgIpc) is 2.00. The first-order valence-corrected chi connectivity index (χ1v) is 5.78. The summed E-state index contributed by atoms with van der Waals surface area (Å²) >= 11 is 0. The molecule has 0 aromatic rings. The van der Waals surface area contributed by atoms with Crippen molar-refractivity contribution in [2.45, 2.75) is 23.6 Å². The SMILES string of the molecule is O=S1(=O)CC2CNC3CCC231. The smallest absolute Gasteiger partial charge is 0.158 e. The second-order valence-corrected chi connectivity index (χ2v) is 6.26. The third-order valence-electron chi connectivity index (χ3n) is 3.71. The lowest BCUT2D eigenvalue weighted by Crippen LogP contribution is -2.68. The van der Waals surface area contributed by atoms with Crippen LogP contribution >= 0.6 is 0 Å². The van der Waals surface area contributed by atoms with Crippen molar-refractivity contribution in [1.82, 2.24) is 5.32 Å². The predicted octanol–water partition coefficient (Wildman–Crippen LogP) is -0.465. The van der Waals surface area contributed by atoms with Crippen molar-refractivity contribution in [2.24, 2.45) is 5.92 Å². The van der Waals surface area contributed by atoms with Gasteiger partial charge >= 0.3 is 0 Å². The second-order valence-electron chi connectivity index (χ2n) is 3.93. The van der Waals surface area contributed by atoms with Gasteiger partial charge in [-0.3, -0.25) is 0 Å². The molecule has 2 heterocycles. The molecule has 4 heteroatoms. The van der Waals surface area contributed by atoms with Gasteiger partial charge in [0.15, 0.2) is 9.84 Å². The molecule has 1 N–H and O–H groups in total. The van der Waals surface area contributed by atoms with Crippen molar-refractivity contribution in [2.75, 3.05) is 12.3 Å². The molecule has 0 aromatic carbocycles. The highest BCUT2D eigenvalue weighted by Crippen LogP contribution is 2.56. The van der Waals surface area contributed by atoms with Crippen LogP contribution in [0.1, 0.15) is 12.8 Å². The first-order chi connectivity index (χ1) is 5.17. The van der Waals surface area contributed by atoms with Crippen LogP contribution in [-0.4, -0.2) is 31.5 Å². The summed E-state index contributed by atoms with van der Waals surface area (Å²) in [4.78, 5) is 0. The zero-order chi connectivity index (χ0) is 7.69. The zero-order valence-electron chi connectivity index (χ0n) is 6.21. The molecule has 0 radical (unpaired) electrons. The Bertz CT molecular complexity index is 302. The Balaban J connectivity index is 2.13. The molecule has 1 saturated carbocycles. The summed E-state index contributed by atoms with van der Waals surface area (Å²) in [5.74, 6) is 0.891. The van der Waals surface area contributed by atoms with Crippen LogP contribution in [0.4, 0.5) is 0 Å². The Morgan fingerprint density at radius 2 is 2.27 bits per heavy atom. The third-order valence-corrected chi connectivity index (χ3v) is 6.54. The predicted molar refractivity (Wildman–Crippen MR) is 41.0 cm³/mol. The minimum atomic E-state index is -2.68. The van der Waals surface area contributed by atoms with Gasteiger partial charge in [-0.2, -0.15) is 0 Å². The number of sulfone groups is 1. The van der Waals surface area contributed by atoms with Crippen LogP contribution in [0.3, 0.4) is 0 Å².